The fraction of sp³-hybridized carbons (Fsp3) is 1.00. The molecule has 1 aliphatic rings. The van der Waals surface area contributed by atoms with Crippen molar-refractivity contribution < 1.29 is 0 Å². The normalized spacial score (nSPS) is 24.9. The van der Waals surface area contributed by atoms with Crippen LogP contribution in [-0.2, 0) is 0 Å². The summed E-state index contributed by atoms with van der Waals surface area (Å²) in [6, 6.07) is 0. The summed E-state index contributed by atoms with van der Waals surface area (Å²) in [7, 11) is 0. The molecule has 10 heavy (non-hydrogen) atoms. The van der Waals surface area contributed by atoms with Crippen LogP contribution >= 0.6 is 0 Å². The topological polar surface area (TPSA) is 53.3 Å². The van der Waals surface area contributed by atoms with Crippen LogP contribution in [0, 0.1) is 0 Å². The first-order valence-electron chi connectivity index (χ1n) is 3.80. The lowest BCUT2D eigenvalue weighted by atomic mass is 10.5. The minimum atomic E-state index is 0.946. The third kappa shape index (κ3) is 3.12. The van der Waals surface area contributed by atoms with E-state index in [-0.39, 0.29) is 0 Å². The molecule has 0 aromatic heterocycles. The van der Waals surface area contributed by atoms with Gasteiger partial charge in [-0.1, -0.05) is 0 Å². The highest BCUT2D eigenvalue weighted by atomic mass is 15.4. The van der Waals surface area contributed by atoms with Gasteiger partial charge >= 0.3 is 0 Å². The maximum Gasteiger partial charge on any atom is 0.0254 e. The third-order valence-corrected chi connectivity index (χ3v) is 1.63. The number of nitrogens with two attached hydrogens (primary N) is 1. The van der Waals surface area contributed by atoms with Gasteiger partial charge in [0.15, 0.2) is 0 Å². The molecule has 4 heteroatoms. The van der Waals surface area contributed by atoms with E-state index < -0.39 is 0 Å². The Morgan fingerprint density at radius 1 is 0.900 bits per heavy atom. The van der Waals surface area contributed by atoms with Crippen molar-refractivity contribution >= 4 is 0 Å². The zero-order valence-electron chi connectivity index (χ0n) is 6.27. The minimum absolute atomic E-state index is 0.946. The second-order valence-electron chi connectivity index (χ2n) is 2.54. The monoisotopic (exact) mass is 144 g/mol. The predicted molar refractivity (Wildman–Crippen MR) is 41.5 cm³/mol. The Balaban J connectivity index is 2.15. The molecule has 1 aliphatic heterocycles. The Bertz CT molecular complexity index is 75.8. The minimum Gasteiger partial charge on any atom is -0.314 e. The predicted octanol–water partition coefficient (Wildman–Crippen LogP) is -1.65. The van der Waals surface area contributed by atoms with E-state index in [0.717, 1.165) is 39.3 Å². The molecule has 1 heterocycles. The maximum absolute atomic E-state index is 5.63. The van der Waals surface area contributed by atoms with Crippen molar-refractivity contribution in [3.05, 3.63) is 0 Å². The SMILES string of the molecule is NN1CCNCCNCC1. The molecule has 4 N–H and O–H groups in total. The van der Waals surface area contributed by atoms with Crippen LogP contribution in [0.4, 0.5) is 0 Å². The number of hydrogen-bond acceptors (Lipinski definition) is 4. The molecule has 0 amide bonds. The van der Waals surface area contributed by atoms with Crippen molar-refractivity contribution in [2.45, 2.75) is 0 Å². The summed E-state index contributed by atoms with van der Waals surface area (Å²) in [4.78, 5) is 0. The molecule has 0 radical (unpaired) electrons. The largest absolute Gasteiger partial charge is 0.314 e. The van der Waals surface area contributed by atoms with Crippen LogP contribution in [0.5, 0.6) is 0 Å². The lowest BCUT2D eigenvalue weighted by Gasteiger charge is -2.13. The molecule has 0 saturated carbocycles. The molecule has 0 unspecified atom stereocenters. The van der Waals surface area contributed by atoms with Crippen molar-refractivity contribution in [2.75, 3.05) is 39.3 Å². The standard InChI is InChI=1S/C6H16N4/c7-10-5-3-8-1-2-9-4-6-10/h8-9H,1-7H2. The van der Waals surface area contributed by atoms with Crippen molar-refractivity contribution in [1.29, 1.82) is 0 Å². The molecule has 1 rings (SSSR count). The van der Waals surface area contributed by atoms with Crippen LogP contribution in [0.3, 0.4) is 0 Å². The van der Waals surface area contributed by atoms with Crippen molar-refractivity contribution in [3.63, 3.8) is 0 Å². The van der Waals surface area contributed by atoms with Gasteiger partial charge in [-0.3, -0.25) is 5.84 Å². The van der Waals surface area contributed by atoms with E-state index in [0.29, 0.717) is 0 Å². The number of nitrogens with one attached hydrogen (secondary N) is 2. The Hall–Kier alpha value is -0.160. The number of rotatable bonds is 0. The van der Waals surface area contributed by atoms with Crippen LogP contribution in [-0.4, -0.2) is 44.3 Å². The van der Waals surface area contributed by atoms with Gasteiger partial charge in [-0.2, -0.15) is 0 Å². The van der Waals surface area contributed by atoms with Crippen molar-refractivity contribution in [1.82, 2.24) is 15.6 Å². The van der Waals surface area contributed by atoms with Crippen LogP contribution < -0.4 is 16.5 Å². The van der Waals surface area contributed by atoms with Crippen molar-refractivity contribution in [3.8, 4) is 0 Å². The molecule has 0 aliphatic carbocycles. The molecule has 60 valence electrons. The number of hydrogen-bond donors (Lipinski definition) is 3. The fourth-order valence-electron chi connectivity index (χ4n) is 0.984. The van der Waals surface area contributed by atoms with Crippen LogP contribution in [0.25, 0.3) is 0 Å². The first-order valence-corrected chi connectivity index (χ1v) is 3.80. The van der Waals surface area contributed by atoms with Gasteiger partial charge in [0.25, 0.3) is 0 Å². The van der Waals surface area contributed by atoms with Gasteiger partial charge in [-0.25, -0.2) is 5.01 Å². The van der Waals surface area contributed by atoms with Gasteiger partial charge in [0.05, 0.1) is 0 Å². The summed E-state index contributed by atoms with van der Waals surface area (Å²) in [5, 5.41) is 8.39. The average molecular weight is 144 g/mol. The highest BCUT2D eigenvalue weighted by Gasteiger charge is 1.99. The van der Waals surface area contributed by atoms with E-state index in [9.17, 15) is 0 Å². The maximum atomic E-state index is 5.63. The molecule has 0 atom stereocenters. The smallest absolute Gasteiger partial charge is 0.0254 e. The Labute approximate surface area is 61.7 Å². The summed E-state index contributed by atoms with van der Waals surface area (Å²) >= 11 is 0. The van der Waals surface area contributed by atoms with Crippen LogP contribution in [0.2, 0.25) is 0 Å². The molecule has 1 fully saturated rings. The van der Waals surface area contributed by atoms with E-state index in [1.54, 1.807) is 0 Å². The second kappa shape index (κ2) is 4.62. The summed E-state index contributed by atoms with van der Waals surface area (Å²) in [6.45, 7) is 5.99. The van der Waals surface area contributed by atoms with E-state index in [1.165, 1.54) is 0 Å². The van der Waals surface area contributed by atoms with E-state index in [2.05, 4.69) is 10.6 Å². The molecule has 0 spiro atoms. The zero-order chi connectivity index (χ0) is 7.23. The summed E-state index contributed by atoms with van der Waals surface area (Å²) in [6.07, 6.45) is 0. The van der Waals surface area contributed by atoms with E-state index in [4.69, 9.17) is 5.84 Å². The Morgan fingerprint density at radius 2 is 1.40 bits per heavy atom. The van der Waals surface area contributed by atoms with Gasteiger partial charge in [0, 0.05) is 39.3 Å². The van der Waals surface area contributed by atoms with Gasteiger partial charge in [0.1, 0.15) is 0 Å². The summed E-state index contributed by atoms with van der Waals surface area (Å²) < 4.78 is 0. The average Bonchev–Trinajstić information content (AvgIpc) is 2.02. The molecular weight excluding hydrogens is 128 g/mol. The van der Waals surface area contributed by atoms with Gasteiger partial charge in [-0.05, 0) is 0 Å². The first kappa shape index (κ1) is 7.94. The number of hydrazine groups is 1. The molecular formula is C6H16N4. The Kier molecular flexibility index (Phi) is 3.67. The van der Waals surface area contributed by atoms with Crippen LogP contribution in [0.1, 0.15) is 0 Å². The first-order chi connectivity index (χ1) is 4.89. The summed E-state index contributed by atoms with van der Waals surface area (Å²) in [5.41, 5.74) is 0. The highest BCUT2D eigenvalue weighted by molar-refractivity contribution is 4.60. The van der Waals surface area contributed by atoms with Crippen LogP contribution in [0.15, 0.2) is 0 Å². The second-order valence-corrected chi connectivity index (χ2v) is 2.54. The van der Waals surface area contributed by atoms with Gasteiger partial charge in [0.2, 0.25) is 0 Å². The highest BCUT2D eigenvalue weighted by Crippen LogP contribution is 1.76. The Morgan fingerprint density at radius 3 is 1.90 bits per heavy atom. The summed E-state index contributed by atoms with van der Waals surface area (Å²) in [5.74, 6) is 5.63. The lowest BCUT2D eigenvalue weighted by molar-refractivity contribution is 0.291. The van der Waals surface area contributed by atoms with Gasteiger partial charge < -0.3 is 10.6 Å². The quantitative estimate of drug-likeness (QED) is 0.357. The van der Waals surface area contributed by atoms with Crippen molar-refractivity contribution in [2.24, 2.45) is 5.84 Å². The third-order valence-electron chi connectivity index (χ3n) is 1.63. The van der Waals surface area contributed by atoms with E-state index in [1.807, 2.05) is 5.01 Å². The lowest BCUT2D eigenvalue weighted by Crippen LogP contribution is -2.39. The molecule has 0 aromatic carbocycles. The fourth-order valence-corrected chi connectivity index (χ4v) is 0.984. The van der Waals surface area contributed by atoms with Gasteiger partial charge in [-0.15, -0.1) is 0 Å². The molecule has 0 bridgehead atoms. The molecule has 4 nitrogen and oxygen atoms in total. The number of nitrogens with zero attached hydrogens (tertiary/aromatic N) is 1. The molecule has 0 aromatic rings. The molecule has 1 saturated heterocycles. The van der Waals surface area contributed by atoms with E-state index >= 15 is 0 Å². The zero-order valence-corrected chi connectivity index (χ0v) is 6.27.